The van der Waals surface area contributed by atoms with Crippen LogP contribution in [0.4, 0.5) is 5.69 Å². The summed E-state index contributed by atoms with van der Waals surface area (Å²) in [6, 6.07) is 8.63. The van der Waals surface area contributed by atoms with Gasteiger partial charge in [0.05, 0.1) is 5.41 Å². The molecule has 0 fully saturated rings. The molecular weight excluding hydrogens is 448 g/mol. The molecule has 0 unspecified atom stereocenters. The van der Waals surface area contributed by atoms with Gasteiger partial charge in [0.25, 0.3) is 0 Å². The Morgan fingerprint density at radius 1 is 0.971 bits per heavy atom. The lowest BCUT2D eigenvalue weighted by Crippen LogP contribution is -2.26. The summed E-state index contributed by atoms with van der Waals surface area (Å²) in [7, 11) is 4.15. The molecule has 1 aliphatic carbocycles. The van der Waals surface area contributed by atoms with Crippen molar-refractivity contribution >= 4 is 23.0 Å². The van der Waals surface area contributed by atoms with E-state index in [0.29, 0.717) is 0 Å². The summed E-state index contributed by atoms with van der Waals surface area (Å²) in [4.78, 5) is 2.07. The first-order valence-corrected chi connectivity index (χ1v) is 12.7. The summed E-state index contributed by atoms with van der Waals surface area (Å²) >= 11 is 6.42. The molecule has 184 valence electrons. The van der Waals surface area contributed by atoms with Crippen molar-refractivity contribution in [2.24, 2.45) is 5.41 Å². The third kappa shape index (κ3) is 4.69. The molecule has 35 heavy (non-hydrogen) atoms. The lowest BCUT2D eigenvalue weighted by atomic mass is 9.81. The van der Waals surface area contributed by atoms with E-state index in [2.05, 4.69) is 107 Å². The number of fused-ring (bicyclic) bond motifs is 1. The van der Waals surface area contributed by atoms with E-state index in [1.807, 2.05) is 19.2 Å². The van der Waals surface area contributed by atoms with Crippen LogP contribution in [-0.2, 0) is 5.41 Å². The monoisotopic (exact) mass is 487 g/mol. The Hall–Kier alpha value is -2.84. The van der Waals surface area contributed by atoms with Gasteiger partial charge >= 0.3 is 0 Å². The van der Waals surface area contributed by atoms with E-state index >= 15 is 0 Å². The zero-order chi connectivity index (χ0) is 26.1. The van der Waals surface area contributed by atoms with Gasteiger partial charge in [-0.05, 0) is 55.9 Å². The topological polar surface area (TPSA) is 6.25 Å². The number of likely N-dealkylation sites (N-methyl/N-ethyl adjacent to an activating group) is 1. The fourth-order valence-electron chi connectivity index (χ4n) is 5.40. The molecule has 3 heteroatoms. The summed E-state index contributed by atoms with van der Waals surface area (Å²) in [5.74, 6) is 0. The quantitative estimate of drug-likeness (QED) is 0.385. The summed E-state index contributed by atoms with van der Waals surface area (Å²) in [6.45, 7) is 24.6. The zero-order valence-corrected chi connectivity index (χ0v) is 23.1. The van der Waals surface area contributed by atoms with Gasteiger partial charge in [-0.25, -0.2) is 0 Å². The number of benzene rings is 1. The Bertz CT molecular complexity index is 1210. The van der Waals surface area contributed by atoms with E-state index in [9.17, 15) is 0 Å². The molecule has 2 aliphatic heterocycles. The Labute approximate surface area is 217 Å². The van der Waals surface area contributed by atoms with Crippen LogP contribution in [0.2, 0.25) is 0 Å². The first-order valence-electron chi connectivity index (χ1n) is 12.3. The first kappa shape index (κ1) is 26.8. The van der Waals surface area contributed by atoms with E-state index in [1.54, 1.807) is 0 Å². The number of hydrogen-bond donors (Lipinski definition) is 0. The second-order valence-corrected chi connectivity index (χ2v) is 10.9. The van der Waals surface area contributed by atoms with Crippen LogP contribution >= 0.6 is 11.6 Å². The summed E-state index contributed by atoms with van der Waals surface area (Å²) < 4.78 is 2.29. The second-order valence-electron chi connectivity index (χ2n) is 10.6. The second kappa shape index (κ2) is 10.0. The lowest BCUT2D eigenvalue weighted by molar-refractivity contribution is -0.401. The van der Waals surface area contributed by atoms with Gasteiger partial charge in [0.2, 0.25) is 5.69 Å². The van der Waals surface area contributed by atoms with Crippen LogP contribution in [0.3, 0.4) is 0 Å². The van der Waals surface area contributed by atoms with Crippen LogP contribution in [0.1, 0.15) is 52.5 Å². The molecular formula is C32H40ClN2+. The zero-order valence-electron chi connectivity index (χ0n) is 22.3. The number of nitrogens with zero attached hydrogens (tertiary/aromatic N) is 2. The van der Waals surface area contributed by atoms with Gasteiger partial charge in [-0.1, -0.05) is 82.1 Å². The van der Waals surface area contributed by atoms with Crippen molar-refractivity contribution in [1.82, 2.24) is 4.90 Å². The van der Waals surface area contributed by atoms with Crippen LogP contribution < -0.4 is 0 Å². The van der Waals surface area contributed by atoms with Crippen LogP contribution in [-0.4, -0.2) is 29.3 Å². The molecule has 0 bridgehead atoms. The fourth-order valence-corrected chi connectivity index (χ4v) is 5.66. The van der Waals surface area contributed by atoms with Crippen LogP contribution in [0, 0.1) is 5.41 Å². The average molecular weight is 488 g/mol. The molecule has 0 atom stereocenters. The highest BCUT2D eigenvalue weighted by Gasteiger charge is 2.42. The Balaban J connectivity index is 0.000000225. The summed E-state index contributed by atoms with van der Waals surface area (Å²) in [6.07, 6.45) is 11.4. The van der Waals surface area contributed by atoms with E-state index in [1.165, 1.54) is 28.1 Å². The minimum Gasteiger partial charge on any atom is -0.348 e. The average Bonchev–Trinajstić information content (AvgIpc) is 3.13. The Morgan fingerprint density at radius 2 is 1.63 bits per heavy atom. The van der Waals surface area contributed by atoms with Crippen LogP contribution in [0.25, 0.3) is 0 Å². The van der Waals surface area contributed by atoms with Crippen molar-refractivity contribution in [2.75, 3.05) is 14.1 Å². The predicted molar refractivity (Wildman–Crippen MR) is 153 cm³/mol. The standard InChI is InChI=1S/C20H23ClN.C12H17N/c1-14-8-7-9-15(19(14)21)12-13-18-20(2,3)16-10-5-6-11-17(16)22(18)4;1-7-10-11(8-2)13(6)9(3)12(10,4)5/h5-6,10-13H,1,7-9H2,2-4H3;7-8H,1-3H2,4-6H3/q+1;. The van der Waals surface area contributed by atoms with Gasteiger partial charge in [0.1, 0.15) is 7.05 Å². The van der Waals surface area contributed by atoms with Gasteiger partial charge in [-0.3, -0.25) is 0 Å². The van der Waals surface area contributed by atoms with Gasteiger partial charge < -0.3 is 4.90 Å². The van der Waals surface area contributed by atoms with E-state index in [0.717, 1.165) is 41.3 Å². The molecule has 0 spiro atoms. The maximum absolute atomic E-state index is 6.42. The van der Waals surface area contributed by atoms with Crippen molar-refractivity contribution < 1.29 is 4.58 Å². The Kier molecular flexibility index (Phi) is 7.67. The minimum atomic E-state index is -0.0139. The number of allylic oxidation sites excluding steroid dienone is 8. The minimum absolute atomic E-state index is 0.0139. The normalized spacial score (nSPS) is 20.9. The highest BCUT2D eigenvalue weighted by Crippen LogP contribution is 2.45. The fraction of sp³-hybridized carbons (Fsp3) is 0.344. The van der Waals surface area contributed by atoms with Crippen molar-refractivity contribution in [2.45, 2.75) is 52.4 Å². The molecule has 1 aromatic carbocycles. The van der Waals surface area contributed by atoms with Crippen LogP contribution in [0.15, 0.2) is 108 Å². The van der Waals surface area contributed by atoms with Crippen molar-refractivity contribution in [1.29, 1.82) is 0 Å². The molecule has 2 heterocycles. The van der Waals surface area contributed by atoms with Gasteiger partial charge in [-0.15, -0.1) is 0 Å². The maximum Gasteiger partial charge on any atom is 0.209 e. The molecule has 0 radical (unpaired) electrons. The lowest BCUT2D eigenvalue weighted by Gasteiger charge is -2.24. The third-order valence-corrected chi connectivity index (χ3v) is 8.24. The van der Waals surface area contributed by atoms with Gasteiger partial charge in [0.15, 0.2) is 5.71 Å². The molecule has 0 N–H and O–H groups in total. The molecule has 2 nitrogen and oxygen atoms in total. The molecule has 1 aromatic rings. The number of para-hydroxylation sites is 1. The largest absolute Gasteiger partial charge is 0.348 e. The third-order valence-electron chi connectivity index (χ3n) is 7.73. The SMILES string of the molecule is C=C1CCCC(C=CC2=[N+](C)c3ccccc3C2(C)C)=C1Cl.C=CC1=C(C=C)C(C)(C)C(=C)N1C. The molecule has 0 aromatic heterocycles. The van der Waals surface area contributed by atoms with E-state index in [-0.39, 0.29) is 10.8 Å². The van der Waals surface area contributed by atoms with Crippen molar-refractivity contribution in [3.05, 3.63) is 114 Å². The molecule has 3 aliphatic rings. The summed E-state index contributed by atoms with van der Waals surface area (Å²) in [5, 5.41) is 0.860. The number of rotatable bonds is 4. The van der Waals surface area contributed by atoms with E-state index < -0.39 is 0 Å². The molecule has 0 saturated heterocycles. The Morgan fingerprint density at radius 3 is 2.20 bits per heavy atom. The number of hydrogen-bond acceptors (Lipinski definition) is 1. The molecule has 0 saturated carbocycles. The van der Waals surface area contributed by atoms with Crippen molar-refractivity contribution in [3.8, 4) is 0 Å². The molecule has 0 amide bonds. The number of halogens is 1. The molecule has 4 rings (SSSR count). The summed E-state index contributed by atoms with van der Waals surface area (Å²) in [5.41, 5.74) is 9.68. The van der Waals surface area contributed by atoms with Crippen molar-refractivity contribution in [3.63, 3.8) is 0 Å². The highest BCUT2D eigenvalue weighted by molar-refractivity contribution is 6.32. The van der Waals surface area contributed by atoms with E-state index in [4.69, 9.17) is 11.6 Å². The van der Waals surface area contributed by atoms with Gasteiger partial charge in [-0.2, -0.15) is 4.58 Å². The first-order chi connectivity index (χ1) is 16.4. The van der Waals surface area contributed by atoms with Crippen LogP contribution in [0.5, 0.6) is 0 Å². The predicted octanol–water partition coefficient (Wildman–Crippen LogP) is 8.58. The highest BCUT2D eigenvalue weighted by atomic mass is 35.5. The smallest absolute Gasteiger partial charge is 0.209 e. The van der Waals surface area contributed by atoms with Gasteiger partial charge in [0, 0.05) is 46.6 Å². The maximum atomic E-state index is 6.42.